The van der Waals surface area contributed by atoms with Crippen molar-refractivity contribution < 1.29 is 9.47 Å². The lowest BCUT2D eigenvalue weighted by molar-refractivity contribution is -0.133. The van der Waals surface area contributed by atoms with Crippen LogP contribution in [0.1, 0.15) is 32.8 Å². The lowest BCUT2D eigenvalue weighted by Gasteiger charge is -2.15. The fraction of sp³-hybridized carbons (Fsp3) is 0.467. The van der Waals surface area contributed by atoms with E-state index in [2.05, 4.69) is 37.3 Å². The number of ether oxygens (including phenoxy) is 2. The Hall–Kier alpha value is -1.12. The van der Waals surface area contributed by atoms with E-state index in [1.807, 2.05) is 19.9 Å². The molecule has 0 N–H and O–H groups in total. The summed E-state index contributed by atoms with van der Waals surface area (Å²) in [6.07, 6.45) is 2.84. The maximum absolute atomic E-state index is 5.50. The molecule has 17 heavy (non-hydrogen) atoms. The van der Waals surface area contributed by atoms with E-state index in [4.69, 9.17) is 9.47 Å². The third-order valence-corrected chi connectivity index (χ3v) is 2.55. The lowest BCUT2D eigenvalue weighted by Crippen LogP contribution is -2.16. The van der Waals surface area contributed by atoms with Crippen molar-refractivity contribution in [3.05, 3.63) is 42.0 Å². The molecule has 1 aromatic carbocycles. The zero-order chi connectivity index (χ0) is 12.5. The normalized spacial score (nSPS) is 12.1. The SMILES string of the molecule is CCOC(CC=C(C)c1ccccc1)OCC. The molecule has 2 nitrogen and oxygen atoms in total. The van der Waals surface area contributed by atoms with Gasteiger partial charge in [-0.1, -0.05) is 36.4 Å². The minimum absolute atomic E-state index is 0.122. The van der Waals surface area contributed by atoms with Crippen molar-refractivity contribution >= 4 is 5.57 Å². The summed E-state index contributed by atoms with van der Waals surface area (Å²) in [5.74, 6) is 0. The fourth-order valence-electron chi connectivity index (χ4n) is 1.65. The summed E-state index contributed by atoms with van der Waals surface area (Å²) in [5, 5.41) is 0. The zero-order valence-electron chi connectivity index (χ0n) is 11.0. The van der Waals surface area contributed by atoms with Gasteiger partial charge in [0.25, 0.3) is 0 Å². The van der Waals surface area contributed by atoms with Crippen LogP contribution in [0.2, 0.25) is 0 Å². The highest BCUT2D eigenvalue weighted by atomic mass is 16.7. The van der Waals surface area contributed by atoms with Gasteiger partial charge in [-0.15, -0.1) is 0 Å². The summed E-state index contributed by atoms with van der Waals surface area (Å²) < 4.78 is 11.0. The van der Waals surface area contributed by atoms with Gasteiger partial charge in [0, 0.05) is 19.6 Å². The van der Waals surface area contributed by atoms with Crippen LogP contribution in [0.5, 0.6) is 0 Å². The van der Waals surface area contributed by atoms with E-state index in [1.54, 1.807) is 0 Å². The van der Waals surface area contributed by atoms with Gasteiger partial charge in [0.15, 0.2) is 6.29 Å². The first-order valence-corrected chi connectivity index (χ1v) is 6.23. The summed E-state index contributed by atoms with van der Waals surface area (Å²) >= 11 is 0. The Kier molecular flexibility index (Phi) is 6.60. The van der Waals surface area contributed by atoms with E-state index in [0.717, 1.165) is 6.42 Å². The van der Waals surface area contributed by atoms with Gasteiger partial charge in [0.2, 0.25) is 0 Å². The van der Waals surface area contributed by atoms with Crippen LogP contribution in [0.15, 0.2) is 36.4 Å². The van der Waals surface area contributed by atoms with E-state index in [9.17, 15) is 0 Å². The Morgan fingerprint density at radius 3 is 2.24 bits per heavy atom. The maximum Gasteiger partial charge on any atom is 0.160 e. The summed E-state index contributed by atoms with van der Waals surface area (Å²) in [4.78, 5) is 0. The van der Waals surface area contributed by atoms with Crippen molar-refractivity contribution in [2.45, 2.75) is 33.5 Å². The molecule has 2 heteroatoms. The molecule has 0 bridgehead atoms. The van der Waals surface area contributed by atoms with Gasteiger partial charge in [-0.25, -0.2) is 0 Å². The molecule has 0 aliphatic rings. The number of hydrogen-bond donors (Lipinski definition) is 0. The van der Waals surface area contributed by atoms with Crippen molar-refractivity contribution in [2.75, 3.05) is 13.2 Å². The second-order valence-electron chi connectivity index (χ2n) is 3.83. The van der Waals surface area contributed by atoms with Crippen LogP contribution in [0.25, 0.3) is 5.57 Å². The molecule has 0 atom stereocenters. The van der Waals surface area contributed by atoms with Gasteiger partial charge in [-0.3, -0.25) is 0 Å². The maximum atomic E-state index is 5.50. The standard InChI is InChI=1S/C15H22O2/c1-4-16-15(17-5-2)12-11-13(3)14-9-7-6-8-10-14/h6-11,15H,4-5,12H2,1-3H3. The first-order valence-electron chi connectivity index (χ1n) is 6.23. The predicted molar refractivity (Wildman–Crippen MR) is 71.8 cm³/mol. The average Bonchev–Trinajstić information content (AvgIpc) is 2.37. The highest BCUT2D eigenvalue weighted by Crippen LogP contribution is 2.15. The topological polar surface area (TPSA) is 18.5 Å². The molecule has 1 rings (SSSR count). The van der Waals surface area contributed by atoms with Crippen LogP contribution in [-0.2, 0) is 9.47 Å². The predicted octanol–water partition coefficient (Wildman–Crippen LogP) is 3.88. The molecule has 0 aliphatic heterocycles. The smallest absolute Gasteiger partial charge is 0.160 e. The first kappa shape index (κ1) is 13.9. The molecule has 0 heterocycles. The molecule has 0 saturated heterocycles. The summed E-state index contributed by atoms with van der Waals surface area (Å²) in [5.41, 5.74) is 2.51. The Morgan fingerprint density at radius 1 is 1.12 bits per heavy atom. The van der Waals surface area contributed by atoms with E-state index in [1.165, 1.54) is 11.1 Å². The Balaban J connectivity index is 2.56. The van der Waals surface area contributed by atoms with Gasteiger partial charge in [-0.05, 0) is 31.9 Å². The van der Waals surface area contributed by atoms with Crippen molar-refractivity contribution in [2.24, 2.45) is 0 Å². The van der Waals surface area contributed by atoms with E-state index in [-0.39, 0.29) is 6.29 Å². The van der Waals surface area contributed by atoms with Crippen molar-refractivity contribution in [1.29, 1.82) is 0 Å². The Bertz CT molecular complexity index is 324. The number of hydrogen-bond acceptors (Lipinski definition) is 2. The Labute approximate surface area is 104 Å². The highest BCUT2D eigenvalue weighted by molar-refractivity contribution is 5.63. The molecule has 0 amide bonds. The average molecular weight is 234 g/mol. The van der Waals surface area contributed by atoms with Crippen LogP contribution in [0.4, 0.5) is 0 Å². The van der Waals surface area contributed by atoms with Crippen molar-refractivity contribution in [1.82, 2.24) is 0 Å². The van der Waals surface area contributed by atoms with Crippen molar-refractivity contribution in [3.63, 3.8) is 0 Å². The molecule has 94 valence electrons. The molecular weight excluding hydrogens is 212 g/mol. The van der Waals surface area contributed by atoms with Crippen LogP contribution in [0, 0.1) is 0 Å². The van der Waals surface area contributed by atoms with Crippen LogP contribution < -0.4 is 0 Å². The van der Waals surface area contributed by atoms with Crippen LogP contribution in [0.3, 0.4) is 0 Å². The van der Waals surface area contributed by atoms with E-state index in [0.29, 0.717) is 13.2 Å². The third kappa shape index (κ3) is 5.16. The monoisotopic (exact) mass is 234 g/mol. The molecule has 0 spiro atoms. The number of rotatable bonds is 7. The second-order valence-corrected chi connectivity index (χ2v) is 3.83. The van der Waals surface area contributed by atoms with Gasteiger partial charge in [0.05, 0.1) is 0 Å². The minimum Gasteiger partial charge on any atom is -0.353 e. The van der Waals surface area contributed by atoms with Gasteiger partial charge >= 0.3 is 0 Å². The van der Waals surface area contributed by atoms with Crippen molar-refractivity contribution in [3.8, 4) is 0 Å². The fourth-order valence-corrected chi connectivity index (χ4v) is 1.65. The molecule has 1 aromatic rings. The molecule has 0 aromatic heterocycles. The molecule has 0 unspecified atom stereocenters. The number of benzene rings is 1. The number of allylic oxidation sites excluding steroid dienone is 1. The third-order valence-electron chi connectivity index (χ3n) is 2.55. The zero-order valence-corrected chi connectivity index (χ0v) is 11.0. The van der Waals surface area contributed by atoms with Crippen LogP contribution >= 0.6 is 0 Å². The summed E-state index contributed by atoms with van der Waals surface area (Å²) in [7, 11) is 0. The molecule has 0 radical (unpaired) electrons. The van der Waals surface area contributed by atoms with E-state index >= 15 is 0 Å². The largest absolute Gasteiger partial charge is 0.353 e. The molecule has 0 fully saturated rings. The Morgan fingerprint density at radius 2 is 1.71 bits per heavy atom. The second kappa shape index (κ2) is 8.04. The van der Waals surface area contributed by atoms with Gasteiger partial charge in [-0.2, -0.15) is 0 Å². The first-order chi connectivity index (χ1) is 8.27. The molecule has 0 saturated carbocycles. The summed E-state index contributed by atoms with van der Waals surface area (Å²) in [6.45, 7) is 7.45. The van der Waals surface area contributed by atoms with Crippen LogP contribution in [-0.4, -0.2) is 19.5 Å². The van der Waals surface area contributed by atoms with E-state index < -0.39 is 0 Å². The van der Waals surface area contributed by atoms with Gasteiger partial charge in [0.1, 0.15) is 0 Å². The highest BCUT2D eigenvalue weighted by Gasteiger charge is 2.05. The minimum atomic E-state index is -0.122. The lowest BCUT2D eigenvalue weighted by atomic mass is 10.1. The molecular formula is C15H22O2. The quantitative estimate of drug-likeness (QED) is 0.667. The van der Waals surface area contributed by atoms with Gasteiger partial charge < -0.3 is 9.47 Å². The molecule has 0 aliphatic carbocycles. The summed E-state index contributed by atoms with van der Waals surface area (Å²) in [6, 6.07) is 10.4.